The summed E-state index contributed by atoms with van der Waals surface area (Å²) < 4.78 is 0. The lowest BCUT2D eigenvalue weighted by molar-refractivity contribution is -0.118. The second kappa shape index (κ2) is 5.91. The lowest BCUT2D eigenvalue weighted by atomic mass is 10.1. The molecule has 0 bridgehead atoms. The fraction of sp³-hybridized carbons (Fsp3) is 0.500. The van der Waals surface area contributed by atoms with E-state index in [9.17, 15) is 4.79 Å². The molecule has 3 rings (SSSR count). The molecule has 0 spiro atoms. The molecule has 3 heteroatoms. The molecule has 2 unspecified atom stereocenters. The Hall–Kier alpha value is -1.79. The first-order valence-corrected chi connectivity index (χ1v) is 7.72. The number of aliphatic hydroxyl groups is 1. The van der Waals surface area contributed by atoms with E-state index >= 15 is 0 Å². The minimum absolute atomic E-state index is 0.0763. The zero-order valence-electron chi connectivity index (χ0n) is 12.4. The van der Waals surface area contributed by atoms with Crippen LogP contribution < -0.4 is 5.32 Å². The molecule has 2 aliphatic carbocycles. The SMILES string of the molecule is Cc1ccc(C#CCCO)cc1NC(=O)C1C2CCCC21. The van der Waals surface area contributed by atoms with E-state index in [2.05, 4.69) is 17.2 Å². The zero-order valence-corrected chi connectivity index (χ0v) is 12.4. The Bertz CT molecular complexity index is 601. The van der Waals surface area contributed by atoms with Crippen molar-refractivity contribution in [1.82, 2.24) is 0 Å². The Morgan fingerprint density at radius 3 is 2.86 bits per heavy atom. The van der Waals surface area contributed by atoms with Gasteiger partial charge in [0.05, 0.1) is 6.61 Å². The van der Waals surface area contributed by atoms with E-state index in [-0.39, 0.29) is 18.4 Å². The third kappa shape index (κ3) is 2.96. The van der Waals surface area contributed by atoms with Crippen molar-refractivity contribution < 1.29 is 9.90 Å². The number of carbonyl (C=O) groups is 1. The normalized spacial score (nSPS) is 25.7. The first-order valence-electron chi connectivity index (χ1n) is 7.72. The summed E-state index contributed by atoms with van der Waals surface area (Å²) in [6, 6.07) is 5.85. The van der Waals surface area contributed by atoms with Crippen LogP contribution in [0.4, 0.5) is 5.69 Å². The average Bonchev–Trinajstić information content (AvgIpc) is 2.96. The van der Waals surface area contributed by atoms with Crippen LogP contribution in [0.3, 0.4) is 0 Å². The van der Waals surface area contributed by atoms with Crippen LogP contribution in [0.2, 0.25) is 0 Å². The van der Waals surface area contributed by atoms with Gasteiger partial charge in [-0.15, -0.1) is 0 Å². The number of aryl methyl sites for hydroxylation is 1. The van der Waals surface area contributed by atoms with Gasteiger partial charge in [-0.3, -0.25) is 4.79 Å². The molecular weight excluding hydrogens is 262 g/mol. The molecule has 0 aromatic heterocycles. The summed E-state index contributed by atoms with van der Waals surface area (Å²) in [6.45, 7) is 2.07. The second-order valence-corrected chi connectivity index (χ2v) is 6.08. The van der Waals surface area contributed by atoms with Gasteiger partial charge >= 0.3 is 0 Å². The van der Waals surface area contributed by atoms with Crippen LogP contribution in [0, 0.1) is 36.5 Å². The summed E-state index contributed by atoms with van der Waals surface area (Å²) in [5.41, 5.74) is 2.79. The van der Waals surface area contributed by atoms with Gasteiger partial charge in [0.1, 0.15) is 0 Å². The molecule has 0 aliphatic heterocycles. The molecule has 2 aliphatic rings. The molecule has 2 saturated carbocycles. The van der Waals surface area contributed by atoms with Crippen LogP contribution in [-0.2, 0) is 4.79 Å². The van der Waals surface area contributed by atoms with Crippen LogP contribution in [0.5, 0.6) is 0 Å². The van der Waals surface area contributed by atoms with Crippen LogP contribution >= 0.6 is 0 Å². The molecule has 2 N–H and O–H groups in total. The number of amides is 1. The van der Waals surface area contributed by atoms with Gasteiger partial charge in [0, 0.05) is 23.6 Å². The van der Waals surface area contributed by atoms with E-state index in [0.29, 0.717) is 18.3 Å². The first kappa shape index (κ1) is 14.2. The van der Waals surface area contributed by atoms with Crippen molar-refractivity contribution >= 4 is 11.6 Å². The quantitative estimate of drug-likeness (QED) is 0.838. The highest BCUT2D eigenvalue weighted by Crippen LogP contribution is 2.57. The molecule has 1 amide bonds. The van der Waals surface area contributed by atoms with Crippen molar-refractivity contribution in [1.29, 1.82) is 0 Å². The molecule has 1 aromatic carbocycles. The number of hydrogen-bond acceptors (Lipinski definition) is 2. The largest absolute Gasteiger partial charge is 0.395 e. The molecule has 0 saturated heterocycles. The maximum absolute atomic E-state index is 12.3. The summed E-state index contributed by atoms with van der Waals surface area (Å²) in [6.07, 6.45) is 4.19. The maximum Gasteiger partial charge on any atom is 0.228 e. The van der Waals surface area contributed by atoms with E-state index < -0.39 is 0 Å². The van der Waals surface area contributed by atoms with E-state index in [4.69, 9.17) is 5.11 Å². The Balaban J connectivity index is 1.68. The van der Waals surface area contributed by atoms with Gasteiger partial charge in [-0.05, 0) is 49.3 Å². The highest BCUT2D eigenvalue weighted by Gasteiger charge is 2.56. The van der Waals surface area contributed by atoms with Crippen molar-refractivity contribution in [3.05, 3.63) is 29.3 Å². The van der Waals surface area contributed by atoms with E-state index in [0.717, 1.165) is 16.8 Å². The standard InChI is InChI=1S/C18H21NO2/c1-12-8-9-13(5-2-3-10-20)11-16(12)19-18(21)17-14-6-4-7-15(14)17/h8-9,11,14-15,17,20H,3-4,6-7,10H2,1H3,(H,19,21). The molecule has 110 valence electrons. The lowest BCUT2D eigenvalue weighted by Crippen LogP contribution is -2.17. The summed E-state index contributed by atoms with van der Waals surface area (Å²) in [5.74, 6) is 7.60. The summed E-state index contributed by atoms with van der Waals surface area (Å²) in [4.78, 5) is 12.3. The fourth-order valence-electron chi connectivity index (χ4n) is 3.48. The van der Waals surface area contributed by atoms with E-state index in [1.165, 1.54) is 19.3 Å². The topological polar surface area (TPSA) is 49.3 Å². The van der Waals surface area contributed by atoms with Gasteiger partial charge in [-0.1, -0.05) is 24.3 Å². The smallest absolute Gasteiger partial charge is 0.228 e. The first-order chi connectivity index (χ1) is 10.2. The number of carbonyl (C=O) groups excluding carboxylic acids is 1. The van der Waals surface area contributed by atoms with Crippen molar-refractivity contribution in [3.63, 3.8) is 0 Å². The number of benzene rings is 1. The van der Waals surface area contributed by atoms with Crippen LogP contribution in [0.1, 0.15) is 36.8 Å². The van der Waals surface area contributed by atoms with Gasteiger partial charge in [0.15, 0.2) is 0 Å². The molecule has 3 nitrogen and oxygen atoms in total. The van der Waals surface area contributed by atoms with Gasteiger partial charge in [-0.2, -0.15) is 0 Å². The highest BCUT2D eigenvalue weighted by atomic mass is 16.2. The molecular formula is C18H21NO2. The number of hydrogen-bond donors (Lipinski definition) is 2. The van der Waals surface area contributed by atoms with Gasteiger partial charge in [0.2, 0.25) is 5.91 Å². The Kier molecular flexibility index (Phi) is 3.98. The van der Waals surface area contributed by atoms with Gasteiger partial charge in [-0.25, -0.2) is 0 Å². The average molecular weight is 283 g/mol. The fourth-order valence-corrected chi connectivity index (χ4v) is 3.48. The monoisotopic (exact) mass is 283 g/mol. The Morgan fingerprint density at radius 2 is 2.14 bits per heavy atom. The third-order valence-corrected chi connectivity index (χ3v) is 4.67. The molecule has 1 aromatic rings. The molecule has 2 atom stereocenters. The minimum Gasteiger partial charge on any atom is -0.395 e. The summed E-state index contributed by atoms with van der Waals surface area (Å²) in [5, 5.41) is 11.8. The zero-order chi connectivity index (χ0) is 14.8. The van der Waals surface area contributed by atoms with Gasteiger partial charge < -0.3 is 10.4 Å². The van der Waals surface area contributed by atoms with Gasteiger partial charge in [0.25, 0.3) is 0 Å². The Labute approximate surface area is 125 Å². The molecule has 0 radical (unpaired) electrons. The summed E-state index contributed by atoms with van der Waals surface area (Å²) in [7, 11) is 0. The van der Waals surface area contributed by atoms with Crippen molar-refractivity contribution in [2.24, 2.45) is 17.8 Å². The molecule has 0 heterocycles. The third-order valence-electron chi connectivity index (χ3n) is 4.67. The van der Waals surface area contributed by atoms with Crippen LogP contribution in [0.15, 0.2) is 18.2 Å². The number of fused-ring (bicyclic) bond motifs is 1. The van der Waals surface area contributed by atoms with Crippen LogP contribution in [0.25, 0.3) is 0 Å². The Morgan fingerprint density at radius 1 is 1.38 bits per heavy atom. The highest BCUT2D eigenvalue weighted by molar-refractivity contribution is 5.95. The molecule has 2 fully saturated rings. The van der Waals surface area contributed by atoms with Crippen molar-refractivity contribution in [2.45, 2.75) is 32.6 Å². The predicted molar refractivity (Wildman–Crippen MR) is 82.7 cm³/mol. The van der Waals surface area contributed by atoms with E-state index in [1.807, 2.05) is 25.1 Å². The number of rotatable bonds is 3. The minimum atomic E-state index is 0.0763. The predicted octanol–water partition coefficient (Wildman–Crippen LogP) is 2.71. The maximum atomic E-state index is 12.3. The number of nitrogens with one attached hydrogen (secondary N) is 1. The number of aliphatic hydroxyl groups excluding tert-OH is 1. The van der Waals surface area contributed by atoms with Crippen molar-refractivity contribution in [2.75, 3.05) is 11.9 Å². The summed E-state index contributed by atoms with van der Waals surface area (Å²) >= 11 is 0. The van der Waals surface area contributed by atoms with Crippen molar-refractivity contribution in [3.8, 4) is 11.8 Å². The molecule has 21 heavy (non-hydrogen) atoms. The second-order valence-electron chi connectivity index (χ2n) is 6.08. The number of anilines is 1. The van der Waals surface area contributed by atoms with Crippen LogP contribution in [-0.4, -0.2) is 17.6 Å². The van der Waals surface area contributed by atoms with E-state index in [1.54, 1.807) is 0 Å². The lowest BCUT2D eigenvalue weighted by Gasteiger charge is -2.10.